The van der Waals surface area contributed by atoms with Gasteiger partial charge < -0.3 is 24.3 Å². The number of ether oxygens (including phenoxy) is 1. The van der Waals surface area contributed by atoms with Gasteiger partial charge in [0.25, 0.3) is 6.71 Å². The van der Waals surface area contributed by atoms with E-state index in [0.717, 1.165) is 75.3 Å². The fourth-order valence-electron chi connectivity index (χ4n) is 14.7. The molecule has 0 atom stereocenters. The molecule has 3 aliphatic heterocycles. The summed E-state index contributed by atoms with van der Waals surface area (Å²) in [5.41, 5.74) is 27.7. The third-order valence-electron chi connectivity index (χ3n) is 19.5. The summed E-state index contributed by atoms with van der Waals surface area (Å²) in [6.07, 6.45) is 4.49. The van der Waals surface area contributed by atoms with Crippen LogP contribution in [-0.2, 0) is 29.1 Å². The first-order chi connectivity index (χ1) is 44.0. The van der Waals surface area contributed by atoms with Gasteiger partial charge in [-0.05, 0) is 207 Å². The molecule has 1 aliphatic carbocycles. The summed E-state index contributed by atoms with van der Waals surface area (Å²) in [7, 11) is 0. The van der Waals surface area contributed by atoms with E-state index in [2.05, 4.69) is 325 Å². The van der Waals surface area contributed by atoms with Crippen LogP contribution < -0.4 is 40.0 Å². The quantitative estimate of drug-likeness (QED) is 0.141. The lowest BCUT2D eigenvalue weighted by molar-refractivity contribution is 0.477. The van der Waals surface area contributed by atoms with Gasteiger partial charge in [0.2, 0.25) is 0 Å². The smallest absolute Gasteiger partial charge is 0.264 e. The summed E-state index contributed by atoms with van der Waals surface area (Å²) in [6, 6.07) is 91.6. The summed E-state index contributed by atoms with van der Waals surface area (Å²) in [5, 5.41) is 1.25. The van der Waals surface area contributed by atoms with E-state index < -0.39 is 0 Å². The molecule has 4 heterocycles. The normalized spacial score (nSPS) is 14.0. The van der Waals surface area contributed by atoms with Gasteiger partial charge in [0, 0.05) is 65.9 Å². The number of aryl methyl sites for hydroxylation is 1. The molecule has 1 aromatic heterocycles. The first kappa shape index (κ1) is 56.7. The second kappa shape index (κ2) is 21.6. The zero-order valence-corrected chi connectivity index (χ0v) is 54.4. The topological polar surface area (TPSA) is 22.2 Å². The van der Waals surface area contributed by atoms with Crippen LogP contribution >= 0.6 is 11.3 Å². The van der Waals surface area contributed by atoms with Gasteiger partial charge in [-0.15, -0.1) is 11.3 Å². The second-order valence-electron chi connectivity index (χ2n) is 28.4. The first-order valence-corrected chi connectivity index (χ1v) is 33.4. The second-order valence-corrected chi connectivity index (χ2v) is 29.5. The standard InChI is InChI=1S/C84H75BN4OS/c1-82(2,3)58-36-40-61(41-37-58)86(62-42-38-59(39-43-62)83(4,5)6)64-44-46-68-73(53-64)88(69-32-22-28-55-27-16-17-29-65(55)69)74-50-60(84(7,8)9)51-75-79(74)85(68)81-80(67-49-57(35-48-78(67)91-81)54-23-12-10-13-24-54)89(75)70-47-45-63(52-66(70)56-25-14-11-15-26-56)87-71-30-18-20-33-76(71)90-77-34-21-19-31-72(77)87/h10-15,18-26,28,30-53H,16-17,27,29H2,1-9H3. The van der Waals surface area contributed by atoms with Gasteiger partial charge in [-0.3, -0.25) is 0 Å². The highest BCUT2D eigenvalue weighted by molar-refractivity contribution is 7.33. The monoisotopic (exact) mass is 1200 g/mol. The van der Waals surface area contributed by atoms with Crippen LogP contribution in [0.25, 0.3) is 32.3 Å². The molecular weight excluding hydrogens is 1120 g/mol. The molecular formula is C84H75BN4OS. The number of anilines is 12. The molecule has 0 spiro atoms. The van der Waals surface area contributed by atoms with E-state index in [1.807, 2.05) is 11.3 Å². The molecule has 7 heteroatoms. The minimum atomic E-state index is -0.230. The molecule has 0 fully saturated rings. The van der Waals surface area contributed by atoms with Crippen LogP contribution in [0.5, 0.6) is 11.5 Å². The van der Waals surface area contributed by atoms with Gasteiger partial charge in [0.1, 0.15) is 0 Å². The molecule has 0 bridgehead atoms. The maximum atomic E-state index is 6.62. The zero-order valence-electron chi connectivity index (χ0n) is 53.6. The molecule has 5 nitrogen and oxygen atoms in total. The maximum absolute atomic E-state index is 6.62. The van der Waals surface area contributed by atoms with Crippen LogP contribution in [0, 0.1) is 0 Å². The molecule has 0 amide bonds. The molecule has 0 saturated heterocycles. The Balaban J connectivity index is 0.995. The van der Waals surface area contributed by atoms with Crippen LogP contribution in [0.1, 0.15) is 103 Å². The van der Waals surface area contributed by atoms with Crippen molar-refractivity contribution in [1.29, 1.82) is 0 Å². The molecule has 91 heavy (non-hydrogen) atoms. The third kappa shape index (κ3) is 9.65. The Bertz CT molecular complexity index is 4720. The van der Waals surface area contributed by atoms with E-state index in [1.54, 1.807) is 0 Å². The molecule has 4 aliphatic rings. The molecule has 446 valence electrons. The highest BCUT2D eigenvalue weighted by Gasteiger charge is 2.47. The first-order valence-electron chi connectivity index (χ1n) is 32.6. The van der Waals surface area contributed by atoms with Crippen LogP contribution in [0.3, 0.4) is 0 Å². The molecule has 0 saturated carbocycles. The lowest BCUT2D eigenvalue weighted by Crippen LogP contribution is -2.60. The Kier molecular flexibility index (Phi) is 13.4. The predicted molar refractivity (Wildman–Crippen MR) is 389 cm³/mol. The largest absolute Gasteiger partial charge is 0.453 e. The van der Waals surface area contributed by atoms with E-state index in [0.29, 0.717) is 0 Å². The Morgan fingerprint density at radius 3 is 1.62 bits per heavy atom. The van der Waals surface area contributed by atoms with Crippen molar-refractivity contribution in [3.8, 4) is 33.8 Å². The van der Waals surface area contributed by atoms with Gasteiger partial charge in [-0.1, -0.05) is 196 Å². The maximum Gasteiger partial charge on any atom is 0.264 e. The summed E-state index contributed by atoms with van der Waals surface area (Å²) in [4.78, 5) is 10.3. The summed E-state index contributed by atoms with van der Waals surface area (Å²) < 4.78 is 9.22. The summed E-state index contributed by atoms with van der Waals surface area (Å²) in [6.45, 7) is 20.9. The van der Waals surface area contributed by atoms with Crippen molar-refractivity contribution >= 4 is 112 Å². The van der Waals surface area contributed by atoms with Crippen molar-refractivity contribution in [1.82, 2.24) is 0 Å². The van der Waals surface area contributed by atoms with E-state index in [1.165, 1.54) is 106 Å². The number of hydrogen-bond acceptors (Lipinski definition) is 6. The van der Waals surface area contributed by atoms with E-state index in [-0.39, 0.29) is 23.0 Å². The molecule has 12 aromatic rings. The Labute approximate surface area is 541 Å². The lowest BCUT2D eigenvalue weighted by Gasteiger charge is -2.45. The van der Waals surface area contributed by atoms with Crippen LogP contribution in [0.2, 0.25) is 0 Å². The predicted octanol–water partition coefficient (Wildman–Crippen LogP) is 22.1. The summed E-state index contributed by atoms with van der Waals surface area (Å²) in [5.74, 6) is 1.66. The average Bonchev–Trinajstić information content (AvgIpc) is 1.68. The Morgan fingerprint density at radius 1 is 0.407 bits per heavy atom. The number of benzene rings is 11. The van der Waals surface area contributed by atoms with E-state index in [4.69, 9.17) is 4.74 Å². The molecule has 0 unspecified atom stereocenters. The van der Waals surface area contributed by atoms with Gasteiger partial charge >= 0.3 is 0 Å². The molecule has 0 N–H and O–H groups in total. The number of nitrogens with zero attached hydrogens (tertiary/aromatic N) is 4. The summed E-state index contributed by atoms with van der Waals surface area (Å²) >= 11 is 1.96. The molecule has 0 radical (unpaired) electrons. The van der Waals surface area contributed by atoms with Gasteiger partial charge in [0.15, 0.2) is 11.5 Å². The average molecular weight is 1200 g/mol. The van der Waals surface area contributed by atoms with Crippen molar-refractivity contribution in [3.05, 3.63) is 270 Å². The minimum Gasteiger partial charge on any atom is -0.453 e. The van der Waals surface area contributed by atoms with Crippen molar-refractivity contribution in [2.24, 2.45) is 0 Å². The number of rotatable bonds is 8. The Morgan fingerprint density at radius 2 is 0.978 bits per heavy atom. The SMILES string of the molecule is CC(C)(C)c1ccc(N(c2ccc(C(C)(C)C)cc2)c2ccc3c(c2)N(c2cccc4c2CCCC4)c2cc(C(C)(C)C)cc4c2B3c2sc3ccc(-c5ccccc5)cc3c2N4c2ccc(N3c4ccccc4Oc4ccccc43)cc2-c2ccccc2)cc1. The number of hydrogen-bond donors (Lipinski definition) is 0. The van der Waals surface area contributed by atoms with Crippen molar-refractivity contribution < 1.29 is 4.74 Å². The van der Waals surface area contributed by atoms with Gasteiger partial charge in [0.05, 0.1) is 22.7 Å². The lowest BCUT2D eigenvalue weighted by atomic mass is 9.36. The minimum absolute atomic E-state index is 0.0104. The number of thiophene rings is 1. The van der Waals surface area contributed by atoms with E-state index in [9.17, 15) is 0 Å². The molecule has 16 rings (SSSR count). The van der Waals surface area contributed by atoms with Crippen molar-refractivity contribution in [3.63, 3.8) is 0 Å². The van der Waals surface area contributed by atoms with Gasteiger partial charge in [-0.25, -0.2) is 0 Å². The van der Waals surface area contributed by atoms with Crippen molar-refractivity contribution in [2.75, 3.05) is 19.6 Å². The number of fused-ring (bicyclic) bond motifs is 9. The fraction of sp³-hybridized carbons (Fsp3) is 0.190. The molecule has 11 aromatic carbocycles. The Hall–Kier alpha value is -9.56. The fourth-order valence-corrected chi connectivity index (χ4v) is 16.0. The van der Waals surface area contributed by atoms with E-state index >= 15 is 0 Å². The highest BCUT2D eigenvalue weighted by Crippen LogP contribution is 2.56. The highest BCUT2D eigenvalue weighted by atomic mass is 32.1. The third-order valence-corrected chi connectivity index (χ3v) is 20.7. The van der Waals surface area contributed by atoms with Gasteiger partial charge in [-0.2, -0.15) is 0 Å². The van der Waals surface area contributed by atoms with Crippen LogP contribution in [0.15, 0.2) is 243 Å². The zero-order chi connectivity index (χ0) is 62.1. The van der Waals surface area contributed by atoms with Crippen molar-refractivity contribution in [2.45, 2.75) is 104 Å². The number of para-hydroxylation sites is 4. The van der Waals surface area contributed by atoms with Crippen LogP contribution in [-0.4, -0.2) is 6.71 Å². The van der Waals surface area contributed by atoms with Crippen LogP contribution in [0.4, 0.5) is 68.2 Å².